The van der Waals surface area contributed by atoms with E-state index in [1.807, 2.05) is 0 Å². The number of carbonyl (C=O) groups is 2. The van der Waals surface area contributed by atoms with E-state index < -0.39 is 6.04 Å². The van der Waals surface area contributed by atoms with Crippen LogP contribution in [0.1, 0.15) is 6.92 Å². The minimum absolute atomic E-state index is 0.0400. The van der Waals surface area contributed by atoms with Gasteiger partial charge in [-0.1, -0.05) is 0 Å². The van der Waals surface area contributed by atoms with Gasteiger partial charge in [0.1, 0.15) is 0 Å². The van der Waals surface area contributed by atoms with Gasteiger partial charge >= 0.3 is 82.9 Å². The number of esters is 1. The molecule has 12 heavy (non-hydrogen) atoms. The topological polar surface area (TPSA) is 55.4 Å². The van der Waals surface area contributed by atoms with Gasteiger partial charge in [0.2, 0.25) is 0 Å². The molecule has 0 saturated carbocycles. The van der Waals surface area contributed by atoms with Crippen molar-refractivity contribution < 1.29 is 14.3 Å². The van der Waals surface area contributed by atoms with Gasteiger partial charge in [-0.15, -0.1) is 0 Å². The fourth-order valence-electron chi connectivity index (χ4n) is 0.456. The van der Waals surface area contributed by atoms with Crippen molar-refractivity contribution >= 4 is 38.5 Å². The van der Waals surface area contributed by atoms with Crippen molar-refractivity contribution in [1.82, 2.24) is 4.33 Å². The van der Waals surface area contributed by atoms with Gasteiger partial charge in [0, 0.05) is 0 Å². The van der Waals surface area contributed by atoms with Gasteiger partial charge in [0.05, 0.1) is 0 Å². The van der Waals surface area contributed by atoms with Gasteiger partial charge in [-0.2, -0.15) is 0 Å². The van der Waals surface area contributed by atoms with Crippen LogP contribution >= 0.6 is 12.6 Å². The zero-order chi connectivity index (χ0) is 9.56. The normalized spacial score (nSPS) is 12.2. The fraction of sp³-hybridized carbons (Fsp3) is 0.667. The maximum absolute atomic E-state index is 10.9. The van der Waals surface area contributed by atoms with Crippen LogP contribution in [0.4, 0.5) is 0 Å². The first-order valence-corrected chi connectivity index (χ1v) is 5.58. The summed E-state index contributed by atoms with van der Waals surface area (Å²) in [6, 6.07) is -0.470. The van der Waals surface area contributed by atoms with E-state index in [0.29, 0.717) is 5.75 Å². The second kappa shape index (κ2) is 6.48. The maximum atomic E-state index is 10.9. The van der Waals surface area contributed by atoms with Crippen LogP contribution in [-0.4, -0.2) is 44.7 Å². The third-order valence-corrected chi connectivity index (χ3v) is 2.83. The number of nitrogens with one attached hydrogen (secondary N) is 1. The van der Waals surface area contributed by atoms with E-state index in [2.05, 4.69) is 21.7 Å². The Bertz CT molecular complexity index is 176. The first-order chi connectivity index (χ1) is 5.61. The molecule has 0 radical (unpaired) electrons. The van der Waals surface area contributed by atoms with E-state index >= 15 is 0 Å². The second-order valence-corrected chi connectivity index (χ2v) is 4.46. The van der Waals surface area contributed by atoms with E-state index in [1.54, 1.807) is 0 Å². The Morgan fingerprint density at radius 2 is 2.25 bits per heavy atom. The Hall–Kier alpha value is -0.0305. The Balaban J connectivity index is 3.83. The van der Waals surface area contributed by atoms with Crippen molar-refractivity contribution in [2.75, 3.05) is 12.9 Å². The summed E-state index contributed by atoms with van der Waals surface area (Å²) in [7, 11) is 1.31. The molecule has 0 unspecified atom stereocenters. The summed E-state index contributed by atoms with van der Waals surface area (Å²) in [6.07, 6.45) is 0. The molecular weight excluding hydrogens is 245 g/mol. The first-order valence-electron chi connectivity index (χ1n) is 3.23. The molecule has 1 N–H and O–H groups in total. The Kier molecular flexibility index (Phi) is 6.47. The average molecular weight is 256 g/mol. The molecule has 0 spiro atoms. The molecule has 0 aromatic rings. The van der Waals surface area contributed by atoms with Gasteiger partial charge in [-0.3, -0.25) is 0 Å². The van der Waals surface area contributed by atoms with Crippen molar-refractivity contribution in [3.05, 3.63) is 0 Å². The average Bonchev–Trinajstić information content (AvgIpc) is 2.04. The summed E-state index contributed by atoms with van der Waals surface area (Å²) in [5, 5.41) is 0. The van der Waals surface area contributed by atoms with E-state index in [-0.39, 0.29) is 25.8 Å². The molecule has 0 aliphatic rings. The standard InChI is InChI=1S/C6H11NO3SSe/c1-4(8)12-7-5(3-11)6(9)10-2/h5,7,11H,3H2,1-2H3/t5-/m0/s1. The number of methoxy groups -OCH3 is 1. The van der Waals surface area contributed by atoms with Gasteiger partial charge in [0.25, 0.3) is 0 Å². The second-order valence-electron chi connectivity index (χ2n) is 1.97. The van der Waals surface area contributed by atoms with Crippen molar-refractivity contribution in [3.63, 3.8) is 0 Å². The molecule has 0 bridgehead atoms. The Morgan fingerprint density at radius 1 is 1.67 bits per heavy atom. The molecular formula is C6H11NO3SSe. The summed E-state index contributed by atoms with van der Waals surface area (Å²) < 4.78 is 7.31. The van der Waals surface area contributed by atoms with Crippen LogP contribution in [0.5, 0.6) is 0 Å². The number of carbonyl (C=O) groups excluding carboxylic acids is 2. The zero-order valence-corrected chi connectivity index (χ0v) is 9.47. The fourth-order valence-corrected chi connectivity index (χ4v) is 2.00. The minimum atomic E-state index is -0.470. The molecule has 0 aliphatic heterocycles. The van der Waals surface area contributed by atoms with Crippen molar-refractivity contribution in [2.24, 2.45) is 0 Å². The molecule has 0 saturated heterocycles. The molecule has 0 fully saturated rings. The molecule has 0 heterocycles. The predicted octanol–water partition coefficient (Wildman–Crippen LogP) is -0.787. The summed E-state index contributed by atoms with van der Waals surface area (Å²) in [4.78, 5) is 21.5. The van der Waals surface area contributed by atoms with Gasteiger partial charge < -0.3 is 0 Å². The summed E-state index contributed by atoms with van der Waals surface area (Å²) in [6.45, 7) is 1.47. The molecule has 0 aliphatic carbocycles. The molecule has 4 nitrogen and oxygen atoms in total. The third kappa shape index (κ3) is 4.77. The van der Waals surface area contributed by atoms with Gasteiger partial charge in [0.15, 0.2) is 0 Å². The monoisotopic (exact) mass is 257 g/mol. The van der Waals surface area contributed by atoms with E-state index in [0.717, 1.165) is 0 Å². The third-order valence-electron chi connectivity index (χ3n) is 1.01. The molecule has 70 valence electrons. The molecule has 0 rings (SSSR count). The molecule has 6 heteroatoms. The molecule has 0 aromatic carbocycles. The van der Waals surface area contributed by atoms with Crippen molar-refractivity contribution in [2.45, 2.75) is 13.0 Å². The SMILES string of the molecule is COC(=O)[C@H](CS)N[Se]C(C)=O. The van der Waals surface area contributed by atoms with Crippen LogP contribution in [-0.2, 0) is 14.3 Å². The molecule has 0 amide bonds. The number of thiol groups is 1. The van der Waals surface area contributed by atoms with Crippen molar-refractivity contribution in [1.29, 1.82) is 0 Å². The number of hydrogen-bond donors (Lipinski definition) is 2. The van der Waals surface area contributed by atoms with Crippen LogP contribution < -0.4 is 4.33 Å². The summed E-state index contributed by atoms with van der Waals surface area (Å²) in [5.74, 6) is -0.0463. The number of ether oxygens (including phenoxy) is 1. The quantitative estimate of drug-likeness (QED) is 0.385. The zero-order valence-electron chi connectivity index (χ0n) is 6.86. The van der Waals surface area contributed by atoms with Crippen LogP contribution in [0.2, 0.25) is 0 Å². The van der Waals surface area contributed by atoms with Gasteiger partial charge in [-0.25, -0.2) is 0 Å². The molecule has 0 aromatic heterocycles. The van der Waals surface area contributed by atoms with Crippen LogP contribution in [0.15, 0.2) is 0 Å². The van der Waals surface area contributed by atoms with Gasteiger partial charge in [-0.05, 0) is 0 Å². The summed E-state index contributed by atoms with van der Waals surface area (Å²) >= 11 is 3.59. The molecule has 1 atom stereocenters. The number of hydrogen-bond acceptors (Lipinski definition) is 5. The first kappa shape index (κ1) is 12.0. The van der Waals surface area contributed by atoms with Crippen LogP contribution in [0, 0.1) is 0 Å². The van der Waals surface area contributed by atoms with Crippen LogP contribution in [0.3, 0.4) is 0 Å². The predicted molar refractivity (Wildman–Crippen MR) is 49.2 cm³/mol. The Morgan fingerprint density at radius 3 is 2.58 bits per heavy atom. The summed E-state index contributed by atoms with van der Waals surface area (Å²) in [5.41, 5.74) is 0. The van der Waals surface area contributed by atoms with Crippen LogP contribution in [0.25, 0.3) is 0 Å². The van der Waals surface area contributed by atoms with E-state index in [1.165, 1.54) is 14.0 Å². The Labute approximate surface area is 83.2 Å². The number of rotatable bonds is 5. The van der Waals surface area contributed by atoms with E-state index in [9.17, 15) is 9.59 Å². The van der Waals surface area contributed by atoms with Crippen molar-refractivity contribution in [3.8, 4) is 0 Å². The van der Waals surface area contributed by atoms with E-state index in [4.69, 9.17) is 0 Å².